The van der Waals surface area contributed by atoms with Crippen LogP contribution < -0.4 is 0 Å². The van der Waals surface area contributed by atoms with Gasteiger partial charge in [-0.3, -0.25) is 4.68 Å². The van der Waals surface area contributed by atoms with Crippen molar-refractivity contribution in [3.63, 3.8) is 0 Å². The lowest BCUT2D eigenvalue weighted by atomic mass is 10.1. The summed E-state index contributed by atoms with van der Waals surface area (Å²) in [6.07, 6.45) is 3.06. The summed E-state index contributed by atoms with van der Waals surface area (Å²) in [6, 6.07) is 0. The molecule has 6 heteroatoms. The number of aliphatic hydroxyl groups excluding tert-OH is 1. The van der Waals surface area contributed by atoms with E-state index in [0.29, 0.717) is 13.0 Å². The van der Waals surface area contributed by atoms with Crippen LogP contribution in [0.1, 0.15) is 46.6 Å². The highest BCUT2D eigenvalue weighted by Crippen LogP contribution is 2.30. The quantitative estimate of drug-likeness (QED) is 0.921. The van der Waals surface area contributed by atoms with Crippen LogP contribution in [0.25, 0.3) is 0 Å². The molecule has 2 aromatic rings. The van der Waals surface area contributed by atoms with Gasteiger partial charge in [0.25, 0.3) is 0 Å². The summed E-state index contributed by atoms with van der Waals surface area (Å²) in [5.74, 6) is 0. The van der Waals surface area contributed by atoms with Gasteiger partial charge in [-0.05, 0) is 38.7 Å². The van der Waals surface area contributed by atoms with E-state index in [1.807, 2.05) is 11.6 Å². The van der Waals surface area contributed by atoms with Gasteiger partial charge in [-0.1, -0.05) is 0 Å². The van der Waals surface area contributed by atoms with Crippen LogP contribution in [0.2, 0.25) is 0 Å². The second kappa shape index (κ2) is 6.25. The maximum Gasteiger partial charge on any atom is 0.122 e. The van der Waals surface area contributed by atoms with Gasteiger partial charge in [0.2, 0.25) is 0 Å². The third-order valence-corrected chi connectivity index (χ3v) is 4.97. The molecule has 114 valence electrons. The first-order valence-electron chi connectivity index (χ1n) is 7.38. The first-order valence-corrected chi connectivity index (χ1v) is 8.26. The molecule has 1 aliphatic heterocycles. The molecule has 2 aromatic heterocycles. The molecule has 0 aromatic carbocycles. The molecule has 0 saturated carbocycles. The largest absolute Gasteiger partial charge is 0.396 e. The minimum Gasteiger partial charge on any atom is -0.396 e. The predicted molar refractivity (Wildman–Crippen MR) is 81.6 cm³/mol. The Balaban J connectivity index is 1.76. The van der Waals surface area contributed by atoms with Crippen LogP contribution in [-0.4, -0.2) is 33.1 Å². The average Bonchev–Trinajstić information content (AvgIpc) is 3.17. The lowest BCUT2D eigenvalue weighted by Crippen LogP contribution is -2.05. The van der Waals surface area contributed by atoms with Crippen LogP contribution in [0.5, 0.6) is 0 Å². The molecule has 0 bridgehead atoms. The van der Waals surface area contributed by atoms with E-state index in [1.54, 1.807) is 11.3 Å². The Morgan fingerprint density at radius 2 is 2.33 bits per heavy atom. The molecule has 0 spiro atoms. The molecule has 3 rings (SSSR count). The number of hydrogen-bond acceptors (Lipinski definition) is 5. The van der Waals surface area contributed by atoms with E-state index < -0.39 is 0 Å². The van der Waals surface area contributed by atoms with Gasteiger partial charge in [-0.2, -0.15) is 5.10 Å². The van der Waals surface area contributed by atoms with Crippen molar-refractivity contribution >= 4 is 11.3 Å². The molecule has 0 radical (unpaired) electrons. The van der Waals surface area contributed by atoms with Crippen LogP contribution in [0.4, 0.5) is 0 Å². The van der Waals surface area contributed by atoms with Crippen LogP contribution in [0.15, 0.2) is 5.38 Å². The number of aryl methyl sites for hydroxylation is 1. The van der Waals surface area contributed by atoms with E-state index in [2.05, 4.69) is 17.4 Å². The summed E-state index contributed by atoms with van der Waals surface area (Å²) in [5, 5.41) is 16.9. The molecule has 1 aliphatic rings. The smallest absolute Gasteiger partial charge is 0.122 e. The molecule has 1 atom stereocenters. The number of rotatable bonds is 5. The van der Waals surface area contributed by atoms with E-state index in [9.17, 15) is 0 Å². The molecule has 1 saturated heterocycles. The van der Waals surface area contributed by atoms with E-state index in [1.165, 1.54) is 0 Å². The van der Waals surface area contributed by atoms with E-state index in [0.717, 1.165) is 47.1 Å². The van der Waals surface area contributed by atoms with E-state index >= 15 is 0 Å². The maximum absolute atomic E-state index is 9.13. The Morgan fingerprint density at radius 3 is 3.05 bits per heavy atom. The molecule has 1 fully saturated rings. The van der Waals surface area contributed by atoms with Gasteiger partial charge in [0, 0.05) is 24.3 Å². The average molecular weight is 307 g/mol. The number of aliphatic hydroxyl groups is 1. The SMILES string of the molecule is Cc1nn(Cc2csc([C@H]3CCCO3)n2)c(C)c1CCO. The molecule has 0 unspecified atom stereocenters. The Morgan fingerprint density at radius 1 is 1.48 bits per heavy atom. The molecule has 1 N–H and O–H groups in total. The molecule has 5 nitrogen and oxygen atoms in total. The Labute approximate surface area is 128 Å². The molecule has 0 amide bonds. The second-order valence-corrected chi connectivity index (χ2v) is 6.35. The van der Waals surface area contributed by atoms with E-state index in [-0.39, 0.29) is 12.7 Å². The summed E-state index contributed by atoms with van der Waals surface area (Å²) >= 11 is 1.68. The maximum atomic E-state index is 9.13. The summed E-state index contributed by atoms with van der Waals surface area (Å²) in [4.78, 5) is 4.70. The highest BCUT2D eigenvalue weighted by Gasteiger charge is 2.21. The zero-order chi connectivity index (χ0) is 14.8. The lowest BCUT2D eigenvalue weighted by Gasteiger charge is -2.05. The van der Waals surface area contributed by atoms with Gasteiger partial charge in [0.05, 0.1) is 17.9 Å². The summed E-state index contributed by atoms with van der Waals surface area (Å²) in [6.45, 7) is 5.74. The van der Waals surface area contributed by atoms with Crippen LogP contribution in [0.3, 0.4) is 0 Å². The third-order valence-electron chi connectivity index (χ3n) is 3.98. The number of hydrogen-bond donors (Lipinski definition) is 1. The van der Waals surface area contributed by atoms with Gasteiger partial charge in [-0.15, -0.1) is 11.3 Å². The summed E-state index contributed by atoms with van der Waals surface area (Å²) in [5.41, 5.74) is 4.29. The number of aromatic nitrogens is 3. The van der Waals surface area contributed by atoms with Crippen molar-refractivity contribution in [3.8, 4) is 0 Å². The standard InChI is InChI=1S/C15H21N3O2S/c1-10-13(5-6-19)11(2)18(17-10)8-12-9-21-15(16-12)14-4-3-7-20-14/h9,14,19H,3-8H2,1-2H3/t14-/m1/s1. The topological polar surface area (TPSA) is 60.2 Å². The summed E-state index contributed by atoms with van der Waals surface area (Å²) < 4.78 is 7.66. The number of thiazole rings is 1. The molecule has 3 heterocycles. The fourth-order valence-electron chi connectivity index (χ4n) is 2.83. The van der Waals surface area contributed by atoms with Gasteiger partial charge in [-0.25, -0.2) is 4.98 Å². The zero-order valence-electron chi connectivity index (χ0n) is 12.5. The number of nitrogens with zero attached hydrogens (tertiary/aromatic N) is 3. The van der Waals surface area contributed by atoms with Crippen molar-refractivity contribution in [1.29, 1.82) is 0 Å². The minimum absolute atomic E-state index is 0.160. The van der Waals surface area contributed by atoms with Crippen LogP contribution in [-0.2, 0) is 17.7 Å². The highest BCUT2D eigenvalue weighted by atomic mass is 32.1. The van der Waals surface area contributed by atoms with E-state index in [4.69, 9.17) is 14.8 Å². The molecule has 21 heavy (non-hydrogen) atoms. The fraction of sp³-hybridized carbons (Fsp3) is 0.600. The number of ether oxygens (including phenoxy) is 1. The van der Waals surface area contributed by atoms with Crippen molar-refractivity contribution in [2.45, 2.75) is 45.8 Å². The van der Waals surface area contributed by atoms with Crippen LogP contribution in [0, 0.1) is 13.8 Å². The Hall–Kier alpha value is -1.24. The van der Waals surface area contributed by atoms with Crippen molar-refractivity contribution in [1.82, 2.24) is 14.8 Å². The second-order valence-electron chi connectivity index (χ2n) is 5.46. The van der Waals surface area contributed by atoms with Crippen molar-refractivity contribution in [2.75, 3.05) is 13.2 Å². The zero-order valence-corrected chi connectivity index (χ0v) is 13.3. The first kappa shape index (κ1) is 14.7. The van der Waals surface area contributed by atoms with Gasteiger partial charge in [0.15, 0.2) is 0 Å². The van der Waals surface area contributed by atoms with Crippen molar-refractivity contribution in [2.24, 2.45) is 0 Å². The molecular weight excluding hydrogens is 286 g/mol. The first-order chi connectivity index (χ1) is 10.2. The highest BCUT2D eigenvalue weighted by molar-refractivity contribution is 7.09. The van der Waals surface area contributed by atoms with Gasteiger partial charge in [0.1, 0.15) is 11.1 Å². The van der Waals surface area contributed by atoms with Crippen molar-refractivity contribution < 1.29 is 9.84 Å². The van der Waals surface area contributed by atoms with Crippen molar-refractivity contribution in [3.05, 3.63) is 33.0 Å². The summed E-state index contributed by atoms with van der Waals surface area (Å²) in [7, 11) is 0. The predicted octanol–water partition coefficient (Wildman–Crippen LogP) is 2.39. The monoisotopic (exact) mass is 307 g/mol. The molecule has 0 aliphatic carbocycles. The van der Waals surface area contributed by atoms with Gasteiger partial charge < -0.3 is 9.84 Å². The molecular formula is C15H21N3O2S. The normalized spacial score (nSPS) is 18.5. The Bertz CT molecular complexity index is 614. The van der Waals surface area contributed by atoms with Crippen LogP contribution >= 0.6 is 11.3 Å². The fourth-order valence-corrected chi connectivity index (χ4v) is 3.72. The third kappa shape index (κ3) is 3.02. The Kier molecular flexibility index (Phi) is 4.37. The lowest BCUT2D eigenvalue weighted by molar-refractivity contribution is 0.111. The minimum atomic E-state index is 0.160. The van der Waals surface area contributed by atoms with Gasteiger partial charge >= 0.3 is 0 Å².